The van der Waals surface area contributed by atoms with Gasteiger partial charge in [-0.05, 0) is 28.8 Å². The number of hydrogen-bond donors (Lipinski definition) is 0. The normalized spacial score (nSPS) is 19.4. The molecule has 0 amide bonds. The fourth-order valence-corrected chi connectivity index (χ4v) is 3.04. The van der Waals surface area contributed by atoms with E-state index in [9.17, 15) is 0 Å². The minimum Gasteiger partial charge on any atom is -0.248 e. The van der Waals surface area contributed by atoms with Crippen LogP contribution in [0.2, 0.25) is 0 Å². The molecule has 1 aliphatic rings. The van der Waals surface area contributed by atoms with Gasteiger partial charge in [0.25, 0.3) is 0 Å². The molecule has 0 spiro atoms. The van der Waals surface area contributed by atoms with Gasteiger partial charge in [-0.3, -0.25) is 0 Å². The molecule has 1 nitrogen and oxygen atoms in total. The van der Waals surface area contributed by atoms with Crippen molar-refractivity contribution in [3.63, 3.8) is 0 Å². The summed E-state index contributed by atoms with van der Waals surface area (Å²) in [6, 6.07) is 0. The monoisotopic (exact) mass is 231 g/mol. The second kappa shape index (κ2) is 3.23. The predicted molar refractivity (Wildman–Crippen MR) is 51.0 cm³/mol. The van der Waals surface area contributed by atoms with Gasteiger partial charge in [-0.15, -0.1) is 11.3 Å². The zero-order chi connectivity index (χ0) is 7.68. The second-order valence-electron chi connectivity index (χ2n) is 2.98. The summed E-state index contributed by atoms with van der Waals surface area (Å²) in [5.41, 5.74) is 0. The van der Waals surface area contributed by atoms with Crippen LogP contribution in [0.15, 0.2) is 9.98 Å². The van der Waals surface area contributed by atoms with E-state index in [4.69, 9.17) is 0 Å². The molecule has 1 fully saturated rings. The Balaban J connectivity index is 2.15. The highest BCUT2D eigenvalue weighted by Crippen LogP contribution is 2.36. The Bertz CT molecular complexity index is 240. The summed E-state index contributed by atoms with van der Waals surface area (Å²) in [5.74, 6) is 0.770. The molecule has 0 bridgehead atoms. The molecule has 0 saturated heterocycles. The van der Waals surface area contributed by atoms with Crippen LogP contribution in [0, 0.1) is 0 Å². The van der Waals surface area contributed by atoms with E-state index < -0.39 is 0 Å². The van der Waals surface area contributed by atoms with Crippen molar-refractivity contribution in [2.75, 3.05) is 0 Å². The Morgan fingerprint density at radius 2 is 2.18 bits per heavy atom. The van der Waals surface area contributed by atoms with Crippen molar-refractivity contribution in [1.29, 1.82) is 0 Å². The summed E-state index contributed by atoms with van der Waals surface area (Å²) in [6.45, 7) is 0. The van der Waals surface area contributed by atoms with E-state index >= 15 is 0 Å². The molecule has 1 saturated carbocycles. The Hall–Kier alpha value is 0.110. The van der Waals surface area contributed by atoms with Gasteiger partial charge in [0, 0.05) is 5.92 Å². The fraction of sp³-hybridized carbons (Fsp3) is 0.625. The van der Waals surface area contributed by atoms with Gasteiger partial charge < -0.3 is 0 Å². The summed E-state index contributed by atoms with van der Waals surface area (Å²) >= 11 is 5.23. The molecule has 0 aliphatic heterocycles. The highest BCUT2D eigenvalue weighted by Gasteiger charge is 2.19. The highest BCUT2D eigenvalue weighted by atomic mass is 79.9. The number of nitrogens with zero attached hydrogens (tertiary/aromatic N) is 1. The van der Waals surface area contributed by atoms with Crippen LogP contribution in [-0.4, -0.2) is 4.98 Å². The lowest BCUT2D eigenvalue weighted by atomic mass is 10.1. The van der Waals surface area contributed by atoms with Crippen molar-refractivity contribution in [3.05, 3.63) is 15.0 Å². The van der Waals surface area contributed by atoms with E-state index in [0.717, 1.165) is 5.92 Å². The smallest absolute Gasteiger partial charge is 0.0967 e. The minimum absolute atomic E-state index is 0.770. The minimum atomic E-state index is 0.770. The average molecular weight is 232 g/mol. The van der Waals surface area contributed by atoms with Gasteiger partial charge >= 0.3 is 0 Å². The summed E-state index contributed by atoms with van der Waals surface area (Å²) < 4.78 is 1.17. The molecule has 1 aromatic heterocycles. The lowest BCUT2D eigenvalue weighted by Crippen LogP contribution is -1.88. The molecule has 1 aromatic rings. The maximum Gasteiger partial charge on any atom is 0.0967 e. The molecule has 3 heteroatoms. The van der Waals surface area contributed by atoms with Crippen LogP contribution in [0.5, 0.6) is 0 Å². The molecular weight excluding hydrogens is 222 g/mol. The SMILES string of the molecule is Brc1cnc(C2CCCC2)s1. The van der Waals surface area contributed by atoms with E-state index in [1.807, 2.05) is 6.20 Å². The molecular formula is C8H10BrNS. The van der Waals surface area contributed by atoms with Crippen LogP contribution in [-0.2, 0) is 0 Å². The Morgan fingerprint density at radius 3 is 2.73 bits per heavy atom. The number of aromatic nitrogens is 1. The lowest BCUT2D eigenvalue weighted by molar-refractivity contribution is 0.716. The zero-order valence-electron chi connectivity index (χ0n) is 6.22. The standard InChI is InChI=1S/C8H10BrNS/c9-7-5-10-8(11-7)6-3-1-2-4-6/h5-6H,1-4H2. The van der Waals surface area contributed by atoms with Gasteiger partial charge in [-0.1, -0.05) is 12.8 Å². The first-order chi connectivity index (χ1) is 5.36. The molecule has 60 valence electrons. The molecule has 2 rings (SSSR count). The summed E-state index contributed by atoms with van der Waals surface area (Å²) in [7, 11) is 0. The van der Waals surface area contributed by atoms with Gasteiger partial charge in [-0.2, -0.15) is 0 Å². The second-order valence-corrected chi connectivity index (χ2v) is 5.43. The third kappa shape index (κ3) is 1.64. The molecule has 0 unspecified atom stereocenters. The summed E-state index contributed by atoms with van der Waals surface area (Å²) in [6.07, 6.45) is 7.39. The van der Waals surface area contributed by atoms with Gasteiger partial charge in [0.05, 0.1) is 15.0 Å². The summed E-state index contributed by atoms with van der Waals surface area (Å²) in [4.78, 5) is 4.37. The van der Waals surface area contributed by atoms with Crippen molar-refractivity contribution in [3.8, 4) is 0 Å². The van der Waals surface area contributed by atoms with E-state index in [2.05, 4.69) is 20.9 Å². The van der Waals surface area contributed by atoms with Crippen molar-refractivity contribution in [2.45, 2.75) is 31.6 Å². The van der Waals surface area contributed by atoms with Crippen LogP contribution in [0.25, 0.3) is 0 Å². The molecule has 11 heavy (non-hydrogen) atoms. The van der Waals surface area contributed by atoms with Crippen LogP contribution in [0.1, 0.15) is 36.6 Å². The maximum atomic E-state index is 4.37. The molecule has 1 aliphatic carbocycles. The fourth-order valence-electron chi connectivity index (χ4n) is 1.63. The molecule has 0 N–H and O–H groups in total. The van der Waals surface area contributed by atoms with Crippen LogP contribution >= 0.6 is 27.3 Å². The van der Waals surface area contributed by atoms with Crippen LogP contribution < -0.4 is 0 Å². The predicted octanol–water partition coefficient (Wildman–Crippen LogP) is 3.56. The van der Waals surface area contributed by atoms with Crippen molar-refractivity contribution in [2.24, 2.45) is 0 Å². The lowest BCUT2D eigenvalue weighted by Gasteiger charge is -2.01. The third-order valence-corrected chi connectivity index (χ3v) is 3.84. The van der Waals surface area contributed by atoms with E-state index in [0.29, 0.717) is 0 Å². The highest BCUT2D eigenvalue weighted by molar-refractivity contribution is 9.11. The van der Waals surface area contributed by atoms with E-state index in [-0.39, 0.29) is 0 Å². The van der Waals surface area contributed by atoms with E-state index in [1.165, 1.54) is 34.5 Å². The van der Waals surface area contributed by atoms with E-state index in [1.54, 1.807) is 11.3 Å². The van der Waals surface area contributed by atoms with Crippen LogP contribution in [0.3, 0.4) is 0 Å². The summed E-state index contributed by atoms with van der Waals surface area (Å²) in [5, 5.41) is 1.33. The zero-order valence-corrected chi connectivity index (χ0v) is 8.62. The van der Waals surface area contributed by atoms with Gasteiger partial charge in [0.2, 0.25) is 0 Å². The number of thiazole rings is 1. The number of rotatable bonds is 1. The first-order valence-corrected chi connectivity index (χ1v) is 5.58. The Morgan fingerprint density at radius 1 is 1.45 bits per heavy atom. The molecule has 0 radical (unpaired) electrons. The number of hydrogen-bond acceptors (Lipinski definition) is 2. The number of halogens is 1. The first kappa shape index (κ1) is 7.74. The first-order valence-electron chi connectivity index (χ1n) is 3.97. The Kier molecular flexibility index (Phi) is 2.28. The van der Waals surface area contributed by atoms with Gasteiger partial charge in [-0.25, -0.2) is 4.98 Å². The largest absolute Gasteiger partial charge is 0.248 e. The average Bonchev–Trinajstić information content (AvgIpc) is 2.55. The van der Waals surface area contributed by atoms with Gasteiger partial charge in [0.15, 0.2) is 0 Å². The van der Waals surface area contributed by atoms with Crippen molar-refractivity contribution in [1.82, 2.24) is 4.98 Å². The van der Waals surface area contributed by atoms with Gasteiger partial charge in [0.1, 0.15) is 0 Å². The topological polar surface area (TPSA) is 12.9 Å². The molecule has 0 aromatic carbocycles. The molecule has 1 heterocycles. The van der Waals surface area contributed by atoms with Crippen molar-refractivity contribution < 1.29 is 0 Å². The maximum absolute atomic E-state index is 4.37. The third-order valence-electron chi connectivity index (χ3n) is 2.20. The quantitative estimate of drug-likeness (QED) is 0.721. The van der Waals surface area contributed by atoms with Crippen molar-refractivity contribution >= 4 is 27.3 Å². The Labute approximate surface area is 79.0 Å². The van der Waals surface area contributed by atoms with Crippen LogP contribution in [0.4, 0.5) is 0 Å². The molecule has 0 atom stereocenters.